The zero-order valence-electron chi connectivity index (χ0n) is 20.2. The largest absolute Gasteiger partial charge is 0.457 e. The molecule has 1 saturated heterocycles. The first-order valence-electron chi connectivity index (χ1n) is 12.2. The van der Waals surface area contributed by atoms with Crippen molar-refractivity contribution in [2.24, 2.45) is 0 Å². The second-order valence-electron chi connectivity index (χ2n) is 8.93. The van der Waals surface area contributed by atoms with Crippen LogP contribution in [0.25, 0.3) is 17.4 Å². The molecule has 5 nitrogen and oxygen atoms in total. The van der Waals surface area contributed by atoms with Crippen molar-refractivity contribution in [3.63, 3.8) is 0 Å². The van der Waals surface area contributed by atoms with E-state index in [4.69, 9.17) is 16.0 Å². The Hall–Kier alpha value is -3.87. The van der Waals surface area contributed by atoms with Gasteiger partial charge in [0, 0.05) is 66.3 Å². The fourth-order valence-corrected chi connectivity index (χ4v) is 4.47. The summed E-state index contributed by atoms with van der Waals surface area (Å²) >= 11 is 5.94. The minimum atomic E-state index is -0.237. The number of nitrogens with one attached hydrogen (secondary N) is 1. The highest BCUT2D eigenvalue weighted by molar-refractivity contribution is 6.30. The van der Waals surface area contributed by atoms with Crippen LogP contribution in [0.15, 0.2) is 95.4 Å². The van der Waals surface area contributed by atoms with Crippen LogP contribution in [0.2, 0.25) is 5.02 Å². The van der Waals surface area contributed by atoms with Crippen molar-refractivity contribution in [3.8, 4) is 11.3 Å². The molecule has 0 aliphatic carbocycles. The third-order valence-electron chi connectivity index (χ3n) is 6.38. The number of nitrogens with zero attached hydrogens (tertiary/aromatic N) is 2. The molecule has 1 N–H and O–H groups in total. The van der Waals surface area contributed by atoms with Crippen molar-refractivity contribution < 1.29 is 13.6 Å². The first-order valence-corrected chi connectivity index (χ1v) is 12.6. The lowest BCUT2D eigenvalue weighted by molar-refractivity contribution is -0.111. The Kier molecular flexibility index (Phi) is 7.68. The van der Waals surface area contributed by atoms with E-state index in [0.29, 0.717) is 23.1 Å². The van der Waals surface area contributed by atoms with Crippen LogP contribution in [0.4, 0.5) is 15.8 Å². The van der Waals surface area contributed by atoms with Gasteiger partial charge in [-0.3, -0.25) is 9.69 Å². The third kappa shape index (κ3) is 6.47. The zero-order valence-corrected chi connectivity index (χ0v) is 21.0. The van der Waals surface area contributed by atoms with Gasteiger partial charge in [-0.05, 0) is 72.8 Å². The van der Waals surface area contributed by atoms with E-state index in [1.54, 1.807) is 12.1 Å². The molecule has 2 heterocycles. The number of carbonyl (C=O) groups excluding carboxylic acids is 1. The van der Waals surface area contributed by atoms with Crippen LogP contribution in [0.5, 0.6) is 0 Å². The van der Waals surface area contributed by atoms with Crippen molar-refractivity contribution in [1.29, 1.82) is 0 Å². The number of amides is 1. The summed E-state index contributed by atoms with van der Waals surface area (Å²) in [7, 11) is 0. The predicted octanol–water partition coefficient (Wildman–Crippen LogP) is 6.71. The molecular formula is C30H27ClFN3O2. The van der Waals surface area contributed by atoms with Gasteiger partial charge < -0.3 is 14.6 Å². The van der Waals surface area contributed by atoms with Crippen LogP contribution in [0.1, 0.15) is 11.3 Å². The molecule has 1 amide bonds. The molecule has 1 aliphatic rings. The molecule has 0 saturated carbocycles. The minimum Gasteiger partial charge on any atom is -0.457 e. The van der Waals surface area contributed by atoms with Gasteiger partial charge >= 0.3 is 0 Å². The van der Waals surface area contributed by atoms with Crippen molar-refractivity contribution in [2.45, 2.75) is 6.54 Å². The van der Waals surface area contributed by atoms with Crippen molar-refractivity contribution in [1.82, 2.24) is 4.90 Å². The number of piperazine rings is 1. The molecule has 0 atom stereocenters. The van der Waals surface area contributed by atoms with Gasteiger partial charge in [-0.1, -0.05) is 29.8 Å². The summed E-state index contributed by atoms with van der Waals surface area (Å²) in [5.74, 6) is 0.910. The van der Waals surface area contributed by atoms with Crippen LogP contribution in [-0.2, 0) is 11.3 Å². The normalized spacial score (nSPS) is 14.3. The standard InChI is InChI=1S/C30H27ClFN3O2/c31-24-7-5-22(6-8-24)29-15-13-27(37-29)14-16-30(36)33-25-9-11-26(12-10-25)35-19-17-34(18-20-35)21-23-3-1-2-4-28(23)32/h1-16H,17-21H2,(H,33,36). The fraction of sp³-hybridized carbons (Fsp3) is 0.167. The molecule has 5 rings (SSSR count). The highest BCUT2D eigenvalue weighted by Crippen LogP contribution is 2.25. The van der Waals surface area contributed by atoms with Gasteiger partial charge in [0.15, 0.2) is 0 Å². The van der Waals surface area contributed by atoms with Crippen molar-refractivity contribution in [3.05, 3.63) is 113 Å². The van der Waals surface area contributed by atoms with Gasteiger partial charge in [0.25, 0.3) is 0 Å². The number of hydrogen-bond acceptors (Lipinski definition) is 4. The molecule has 1 fully saturated rings. The molecule has 0 radical (unpaired) electrons. The van der Waals surface area contributed by atoms with E-state index in [0.717, 1.165) is 48.7 Å². The topological polar surface area (TPSA) is 48.7 Å². The average molecular weight is 516 g/mol. The number of furan rings is 1. The fourth-order valence-electron chi connectivity index (χ4n) is 4.34. The molecule has 37 heavy (non-hydrogen) atoms. The lowest BCUT2D eigenvalue weighted by Crippen LogP contribution is -2.46. The number of hydrogen-bond donors (Lipinski definition) is 1. The predicted molar refractivity (Wildman–Crippen MR) is 147 cm³/mol. The lowest BCUT2D eigenvalue weighted by Gasteiger charge is -2.36. The van der Waals surface area contributed by atoms with Crippen LogP contribution in [0.3, 0.4) is 0 Å². The maximum Gasteiger partial charge on any atom is 0.248 e. The van der Waals surface area contributed by atoms with E-state index in [1.807, 2.05) is 72.8 Å². The lowest BCUT2D eigenvalue weighted by atomic mass is 10.1. The Morgan fingerprint density at radius 3 is 2.38 bits per heavy atom. The number of benzene rings is 3. The Bertz CT molecular complexity index is 1370. The van der Waals surface area contributed by atoms with E-state index < -0.39 is 0 Å². The van der Waals surface area contributed by atoms with Crippen molar-refractivity contribution >= 4 is 35.0 Å². The zero-order chi connectivity index (χ0) is 25.6. The molecule has 3 aromatic carbocycles. The van der Waals surface area contributed by atoms with Gasteiger partial charge in [-0.2, -0.15) is 0 Å². The quantitative estimate of drug-likeness (QED) is 0.278. The van der Waals surface area contributed by atoms with Gasteiger partial charge in [-0.15, -0.1) is 0 Å². The Morgan fingerprint density at radius 2 is 1.65 bits per heavy atom. The van der Waals surface area contributed by atoms with Gasteiger partial charge in [0.05, 0.1) is 0 Å². The summed E-state index contributed by atoms with van der Waals surface area (Å²) in [6, 6.07) is 25.8. The maximum atomic E-state index is 13.9. The van der Waals surface area contributed by atoms with E-state index >= 15 is 0 Å². The molecule has 7 heteroatoms. The van der Waals surface area contributed by atoms with Crippen molar-refractivity contribution in [2.75, 3.05) is 36.4 Å². The van der Waals surface area contributed by atoms with Gasteiger partial charge in [0.1, 0.15) is 17.3 Å². The van der Waals surface area contributed by atoms with E-state index in [2.05, 4.69) is 15.1 Å². The summed E-state index contributed by atoms with van der Waals surface area (Å²) in [6.07, 6.45) is 3.09. The Balaban J connectivity index is 1.11. The Morgan fingerprint density at radius 1 is 0.919 bits per heavy atom. The summed E-state index contributed by atoms with van der Waals surface area (Å²) in [4.78, 5) is 17.0. The molecule has 4 aromatic rings. The number of carbonyl (C=O) groups is 1. The van der Waals surface area contributed by atoms with Crippen LogP contribution in [0, 0.1) is 5.82 Å². The van der Waals surface area contributed by atoms with Crippen LogP contribution < -0.4 is 10.2 Å². The monoisotopic (exact) mass is 515 g/mol. The van der Waals surface area contributed by atoms with E-state index in [9.17, 15) is 9.18 Å². The molecule has 0 spiro atoms. The smallest absolute Gasteiger partial charge is 0.248 e. The minimum absolute atomic E-state index is 0.149. The van der Waals surface area contributed by atoms with E-state index in [1.165, 1.54) is 12.1 Å². The summed E-state index contributed by atoms with van der Waals surface area (Å²) in [5, 5.41) is 3.55. The van der Waals surface area contributed by atoms with Gasteiger partial charge in [-0.25, -0.2) is 4.39 Å². The number of halogens is 2. The molecule has 0 bridgehead atoms. The molecule has 1 aliphatic heterocycles. The molecule has 188 valence electrons. The first-order chi connectivity index (χ1) is 18.0. The SMILES string of the molecule is O=C(C=Cc1ccc(-c2ccc(Cl)cc2)o1)Nc1ccc(N2CCN(Cc3ccccc3F)CC2)cc1. The first kappa shape index (κ1) is 24.8. The van der Waals surface area contributed by atoms with Crippen LogP contribution >= 0.6 is 11.6 Å². The van der Waals surface area contributed by atoms with E-state index in [-0.39, 0.29) is 11.7 Å². The Labute approximate surface area is 220 Å². The maximum absolute atomic E-state index is 13.9. The third-order valence-corrected chi connectivity index (χ3v) is 6.63. The van der Waals surface area contributed by atoms with Gasteiger partial charge in [0.2, 0.25) is 5.91 Å². The molecule has 0 unspecified atom stereocenters. The molecule has 1 aromatic heterocycles. The number of rotatable bonds is 7. The highest BCUT2D eigenvalue weighted by atomic mass is 35.5. The second kappa shape index (κ2) is 11.5. The molecular weight excluding hydrogens is 489 g/mol. The second-order valence-corrected chi connectivity index (χ2v) is 9.37. The summed E-state index contributed by atoms with van der Waals surface area (Å²) in [6.45, 7) is 4.09. The summed E-state index contributed by atoms with van der Waals surface area (Å²) < 4.78 is 19.7. The van der Waals surface area contributed by atoms with Crippen LogP contribution in [-0.4, -0.2) is 37.0 Å². The highest BCUT2D eigenvalue weighted by Gasteiger charge is 2.18. The average Bonchev–Trinajstić information content (AvgIpc) is 3.39. The summed E-state index contributed by atoms with van der Waals surface area (Å²) in [5.41, 5.74) is 3.47. The number of anilines is 2.